The van der Waals surface area contributed by atoms with Gasteiger partial charge >= 0.3 is 0 Å². The van der Waals surface area contributed by atoms with E-state index in [0.717, 1.165) is 75.1 Å². The average molecular weight is 511 g/mol. The Bertz CT molecular complexity index is 1110. The van der Waals surface area contributed by atoms with Crippen molar-refractivity contribution in [1.29, 1.82) is 0 Å². The van der Waals surface area contributed by atoms with Gasteiger partial charge in [-0.1, -0.05) is 24.8 Å². The Labute approximate surface area is 217 Å². The van der Waals surface area contributed by atoms with Gasteiger partial charge in [-0.25, -0.2) is 13.8 Å². The molecule has 0 saturated heterocycles. The van der Waals surface area contributed by atoms with Crippen LogP contribution in [0.1, 0.15) is 66.2 Å². The Kier molecular flexibility index (Phi) is 9.39. The minimum atomic E-state index is -2.51. The smallest absolute Gasteiger partial charge is 0.272 e. The van der Waals surface area contributed by atoms with E-state index in [0.29, 0.717) is 11.5 Å². The van der Waals surface area contributed by atoms with E-state index in [-0.39, 0.29) is 17.8 Å². The maximum Gasteiger partial charge on any atom is 0.272 e. The summed E-state index contributed by atoms with van der Waals surface area (Å²) in [5.74, 6) is 0.836. The van der Waals surface area contributed by atoms with Crippen molar-refractivity contribution in [3.05, 3.63) is 59.3 Å². The molecule has 1 aromatic carbocycles. The van der Waals surface area contributed by atoms with Gasteiger partial charge in [0.15, 0.2) is 6.61 Å². The first-order valence-corrected chi connectivity index (χ1v) is 13.1. The predicted octanol–water partition coefficient (Wildman–Crippen LogP) is 5.83. The molecule has 37 heavy (non-hydrogen) atoms. The number of carbonyl (C=O) groups is 1. The summed E-state index contributed by atoms with van der Waals surface area (Å²) in [5, 5.41) is 3.22. The number of rotatable bonds is 10. The standard InChI is InChI=1S/C29H36F2N4O2/c1-3-23-24(6-5-7-25(23)32-4-2)29(36)33-22-11-8-20(9-12-22)14-16-35-17-15-21-10-13-28(34-26(21)18-35)37-19-27(30)31/h3-7,10,13,20,22,27H,1,8-9,11-12,14-19H2,2H3,(H,33,36)/b32-4-/t20-,22-. The second kappa shape index (κ2) is 12.9. The monoisotopic (exact) mass is 510 g/mol. The topological polar surface area (TPSA) is 66.8 Å². The van der Waals surface area contributed by atoms with Gasteiger partial charge in [0.2, 0.25) is 5.88 Å². The fourth-order valence-corrected chi connectivity index (χ4v) is 5.30. The summed E-state index contributed by atoms with van der Waals surface area (Å²) in [4.78, 5) is 24.2. The predicted molar refractivity (Wildman–Crippen MR) is 143 cm³/mol. The molecular formula is C29H36F2N4O2. The number of hydrogen-bond donors (Lipinski definition) is 1. The molecular weight excluding hydrogens is 474 g/mol. The van der Waals surface area contributed by atoms with Gasteiger partial charge in [-0.05, 0) is 75.6 Å². The summed E-state index contributed by atoms with van der Waals surface area (Å²) in [7, 11) is 0. The first kappa shape index (κ1) is 26.9. The average Bonchev–Trinajstić information content (AvgIpc) is 2.91. The maximum absolute atomic E-state index is 13.0. The number of nitrogens with zero attached hydrogens (tertiary/aromatic N) is 3. The summed E-state index contributed by atoms with van der Waals surface area (Å²) >= 11 is 0. The van der Waals surface area contributed by atoms with Crippen molar-refractivity contribution in [3.8, 4) is 5.88 Å². The van der Waals surface area contributed by atoms with Gasteiger partial charge in [-0.15, -0.1) is 0 Å². The van der Waals surface area contributed by atoms with Crippen molar-refractivity contribution in [1.82, 2.24) is 15.2 Å². The van der Waals surface area contributed by atoms with Crippen LogP contribution in [-0.4, -0.2) is 54.2 Å². The van der Waals surface area contributed by atoms with E-state index in [4.69, 9.17) is 4.74 Å². The number of aliphatic imine (C=N–C) groups is 1. The van der Waals surface area contributed by atoms with E-state index in [1.165, 1.54) is 5.56 Å². The number of halogens is 2. The van der Waals surface area contributed by atoms with Crippen molar-refractivity contribution >= 4 is 23.9 Å². The zero-order valence-corrected chi connectivity index (χ0v) is 21.5. The molecule has 2 heterocycles. The van der Waals surface area contributed by atoms with Gasteiger partial charge in [0.1, 0.15) is 0 Å². The molecule has 1 amide bonds. The third-order valence-corrected chi connectivity index (χ3v) is 7.31. The summed E-state index contributed by atoms with van der Waals surface area (Å²) in [5.41, 5.74) is 4.22. The number of fused-ring (bicyclic) bond motifs is 1. The summed E-state index contributed by atoms with van der Waals surface area (Å²) < 4.78 is 30.0. The first-order valence-electron chi connectivity index (χ1n) is 13.1. The molecule has 198 valence electrons. The zero-order chi connectivity index (χ0) is 26.2. The number of pyridine rings is 1. The van der Waals surface area contributed by atoms with Gasteiger partial charge in [0.05, 0.1) is 11.4 Å². The molecule has 2 aromatic rings. The molecule has 0 radical (unpaired) electrons. The van der Waals surface area contributed by atoms with E-state index >= 15 is 0 Å². The van der Waals surface area contributed by atoms with Crippen LogP contribution >= 0.6 is 0 Å². The van der Waals surface area contributed by atoms with Crippen molar-refractivity contribution in [3.63, 3.8) is 0 Å². The second-order valence-electron chi connectivity index (χ2n) is 9.79. The molecule has 0 atom stereocenters. The summed E-state index contributed by atoms with van der Waals surface area (Å²) in [6.07, 6.45) is 7.05. The lowest BCUT2D eigenvalue weighted by atomic mass is 9.83. The number of carbonyl (C=O) groups excluding carboxylic acids is 1. The highest BCUT2D eigenvalue weighted by Crippen LogP contribution is 2.29. The van der Waals surface area contributed by atoms with Gasteiger partial charge in [0.25, 0.3) is 12.3 Å². The fourth-order valence-electron chi connectivity index (χ4n) is 5.30. The fraction of sp³-hybridized carbons (Fsp3) is 0.483. The maximum atomic E-state index is 13.0. The quantitative estimate of drug-likeness (QED) is 0.409. The highest BCUT2D eigenvalue weighted by atomic mass is 19.3. The van der Waals surface area contributed by atoms with E-state index in [2.05, 4.69) is 26.8 Å². The normalized spacial score (nSPS) is 20.1. The molecule has 0 unspecified atom stereocenters. The number of amides is 1. The Balaban J connectivity index is 1.23. The van der Waals surface area contributed by atoms with Crippen molar-refractivity contribution in [2.75, 3.05) is 19.7 Å². The van der Waals surface area contributed by atoms with Gasteiger partial charge in [-0.2, -0.15) is 0 Å². The lowest BCUT2D eigenvalue weighted by Gasteiger charge is -2.32. The molecule has 6 nitrogen and oxygen atoms in total. The van der Waals surface area contributed by atoms with E-state index in [1.54, 1.807) is 18.4 Å². The lowest BCUT2D eigenvalue weighted by molar-refractivity contribution is 0.0792. The molecule has 2 aliphatic rings. The van der Waals surface area contributed by atoms with Crippen LogP contribution in [0.4, 0.5) is 14.5 Å². The zero-order valence-electron chi connectivity index (χ0n) is 21.5. The molecule has 1 aliphatic carbocycles. The number of nitrogens with one attached hydrogen (secondary N) is 1. The summed E-state index contributed by atoms with van der Waals surface area (Å²) in [6, 6.07) is 9.37. The van der Waals surface area contributed by atoms with Crippen molar-refractivity contribution in [2.45, 2.75) is 64.5 Å². The minimum absolute atomic E-state index is 0.0668. The molecule has 0 spiro atoms. The van der Waals surface area contributed by atoms with Gasteiger partial charge < -0.3 is 10.1 Å². The van der Waals surface area contributed by atoms with Crippen molar-refractivity contribution < 1.29 is 18.3 Å². The highest BCUT2D eigenvalue weighted by Gasteiger charge is 2.25. The largest absolute Gasteiger partial charge is 0.472 e. The van der Waals surface area contributed by atoms with Gasteiger partial charge in [0, 0.05) is 42.5 Å². The molecule has 1 fully saturated rings. The van der Waals surface area contributed by atoms with Crippen LogP contribution in [0.5, 0.6) is 5.88 Å². The highest BCUT2D eigenvalue weighted by molar-refractivity contribution is 5.99. The second-order valence-corrected chi connectivity index (χ2v) is 9.79. The first-order chi connectivity index (χ1) is 18.0. The Morgan fingerprint density at radius 3 is 2.81 bits per heavy atom. The number of alkyl halides is 2. The lowest BCUT2D eigenvalue weighted by Crippen LogP contribution is -2.38. The summed E-state index contributed by atoms with van der Waals surface area (Å²) in [6.45, 7) is 7.77. The van der Waals surface area contributed by atoms with E-state index in [1.807, 2.05) is 31.2 Å². The molecule has 1 aromatic heterocycles. The number of hydrogen-bond acceptors (Lipinski definition) is 5. The third-order valence-electron chi connectivity index (χ3n) is 7.31. The van der Waals surface area contributed by atoms with E-state index in [9.17, 15) is 13.6 Å². The number of aromatic nitrogens is 1. The molecule has 1 saturated carbocycles. The Morgan fingerprint density at radius 2 is 2.08 bits per heavy atom. The van der Waals surface area contributed by atoms with Crippen LogP contribution in [0.3, 0.4) is 0 Å². The Morgan fingerprint density at radius 1 is 1.27 bits per heavy atom. The SMILES string of the molecule is C=Cc1c(/N=C\C)cccc1C(=O)N[C@H]1CC[C@H](CCN2CCc3ccc(OCC(F)F)nc3C2)CC1. The third kappa shape index (κ3) is 7.22. The number of benzene rings is 1. The van der Waals surface area contributed by atoms with Crippen LogP contribution in [0, 0.1) is 5.92 Å². The van der Waals surface area contributed by atoms with Crippen LogP contribution in [-0.2, 0) is 13.0 Å². The van der Waals surface area contributed by atoms with Crippen molar-refractivity contribution in [2.24, 2.45) is 10.9 Å². The molecule has 1 N–H and O–H groups in total. The molecule has 1 aliphatic heterocycles. The molecule has 4 rings (SSSR count). The molecule has 8 heteroatoms. The van der Waals surface area contributed by atoms with Gasteiger partial charge in [-0.3, -0.25) is 14.7 Å². The Hall–Kier alpha value is -3.13. The van der Waals surface area contributed by atoms with Crippen LogP contribution < -0.4 is 10.1 Å². The van der Waals surface area contributed by atoms with Crippen LogP contribution in [0.15, 0.2) is 41.9 Å². The number of ether oxygens (including phenoxy) is 1. The molecule has 0 bridgehead atoms. The minimum Gasteiger partial charge on any atom is -0.472 e. The van der Waals surface area contributed by atoms with Crippen LogP contribution in [0.25, 0.3) is 6.08 Å². The van der Waals surface area contributed by atoms with Crippen LogP contribution in [0.2, 0.25) is 0 Å². The van der Waals surface area contributed by atoms with E-state index < -0.39 is 13.0 Å².